The summed E-state index contributed by atoms with van der Waals surface area (Å²) < 4.78 is 0. The quantitative estimate of drug-likeness (QED) is 0.172. The Balaban J connectivity index is 2.77. The molecule has 7 nitrogen and oxygen atoms in total. The lowest BCUT2D eigenvalue weighted by Gasteiger charge is -2.08. The van der Waals surface area contributed by atoms with E-state index in [4.69, 9.17) is 11.4 Å². The molecule has 84 valence electrons. The zero-order chi connectivity index (χ0) is 12.0. The minimum absolute atomic E-state index is 0.0427. The molecule has 0 spiro atoms. The number of hydrazine groups is 1. The molecule has 0 aromatic heterocycles. The number of nitrogens with two attached hydrogens (primary N) is 1. The fourth-order valence-electron chi connectivity index (χ4n) is 1.16. The van der Waals surface area contributed by atoms with Crippen molar-refractivity contribution in [3.63, 3.8) is 0 Å². The number of hydrogen-bond acceptors (Lipinski definition) is 4. The van der Waals surface area contributed by atoms with Gasteiger partial charge in [0.15, 0.2) is 0 Å². The minimum Gasteiger partial charge on any atom is -0.388 e. The van der Waals surface area contributed by atoms with Crippen molar-refractivity contribution in [3.05, 3.63) is 45.8 Å². The van der Waals surface area contributed by atoms with Gasteiger partial charge >= 0.3 is 0 Å². The fourth-order valence-corrected chi connectivity index (χ4v) is 1.16. The Hall–Kier alpha value is -2.08. The first-order valence-corrected chi connectivity index (χ1v) is 4.49. The number of nitrogens with zero attached hydrogens (tertiary/aromatic N) is 3. The zero-order valence-corrected chi connectivity index (χ0v) is 8.37. The molecule has 1 unspecified atom stereocenters. The number of aliphatic hydroxyl groups excluding tert-OH is 1. The van der Waals surface area contributed by atoms with Crippen LogP contribution in [0.1, 0.15) is 22.0 Å². The molecule has 0 radical (unpaired) electrons. The smallest absolute Gasteiger partial charge is 0.265 e. The average molecular weight is 221 g/mol. The van der Waals surface area contributed by atoms with Gasteiger partial charge in [0.1, 0.15) is 0 Å². The minimum atomic E-state index is -0.870. The van der Waals surface area contributed by atoms with Crippen LogP contribution in [0.3, 0.4) is 0 Å². The first-order chi connectivity index (χ1) is 7.69. The molecular weight excluding hydrogens is 210 g/mol. The van der Waals surface area contributed by atoms with Gasteiger partial charge in [-0.3, -0.25) is 10.2 Å². The number of azide groups is 1. The van der Waals surface area contributed by atoms with Crippen LogP contribution in [0, 0.1) is 0 Å². The van der Waals surface area contributed by atoms with Crippen LogP contribution in [-0.2, 0) is 0 Å². The van der Waals surface area contributed by atoms with E-state index in [0.29, 0.717) is 11.1 Å². The highest BCUT2D eigenvalue weighted by Crippen LogP contribution is 2.14. The summed E-state index contributed by atoms with van der Waals surface area (Å²) >= 11 is 0. The molecule has 0 aliphatic heterocycles. The molecule has 0 saturated heterocycles. The van der Waals surface area contributed by atoms with Crippen LogP contribution < -0.4 is 11.3 Å². The van der Waals surface area contributed by atoms with Crippen LogP contribution >= 0.6 is 0 Å². The maximum Gasteiger partial charge on any atom is 0.265 e. The van der Waals surface area contributed by atoms with Crippen LogP contribution in [0.5, 0.6) is 0 Å². The number of hydrogen-bond donors (Lipinski definition) is 3. The van der Waals surface area contributed by atoms with E-state index in [1.54, 1.807) is 12.1 Å². The monoisotopic (exact) mass is 221 g/mol. The third-order valence-electron chi connectivity index (χ3n) is 2.01. The number of aliphatic hydroxyl groups is 1. The molecule has 0 bridgehead atoms. The van der Waals surface area contributed by atoms with Gasteiger partial charge in [0, 0.05) is 10.5 Å². The summed E-state index contributed by atoms with van der Waals surface area (Å²) in [6.07, 6.45) is -0.870. The van der Waals surface area contributed by atoms with Crippen molar-refractivity contribution in [1.29, 1.82) is 0 Å². The van der Waals surface area contributed by atoms with Gasteiger partial charge in [-0.2, -0.15) is 0 Å². The molecule has 0 saturated carbocycles. The van der Waals surface area contributed by atoms with E-state index in [2.05, 4.69) is 10.0 Å². The number of nitrogen functional groups attached to an aromatic ring is 1. The summed E-state index contributed by atoms with van der Waals surface area (Å²) in [5, 5.41) is 12.8. The highest BCUT2D eigenvalue weighted by atomic mass is 16.3. The Kier molecular flexibility index (Phi) is 4.28. The average Bonchev–Trinajstić information content (AvgIpc) is 2.35. The molecule has 1 rings (SSSR count). The summed E-state index contributed by atoms with van der Waals surface area (Å²) in [5.74, 6) is 4.56. The molecule has 4 N–H and O–H groups in total. The second kappa shape index (κ2) is 5.72. The second-order valence-corrected chi connectivity index (χ2v) is 3.02. The van der Waals surface area contributed by atoms with Gasteiger partial charge in [-0.15, -0.1) is 0 Å². The Bertz CT molecular complexity index is 410. The molecule has 1 aromatic rings. The molecule has 1 aromatic carbocycles. The maximum absolute atomic E-state index is 11.1. The predicted molar refractivity (Wildman–Crippen MR) is 57.1 cm³/mol. The van der Waals surface area contributed by atoms with E-state index in [1.165, 1.54) is 12.1 Å². The molecule has 1 atom stereocenters. The van der Waals surface area contributed by atoms with Gasteiger partial charge in [0.2, 0.25) is 0 Å². The van der Waals surface area contributed by atoms with Crippen LogP contribution in [0.4, 0.5) is 0 Å². The van der Waals surface area contributed by atoms with E-state index < -0.39 is 12.0 Å². The highest BCUT2D eigenvalue weighted by Gasteiger charge is 2.08. The Morgan fingerprint density at radius 3 is 2.69 bits per heavy atom. The molecule has 1 amide bonds. The molecule has 0 aliphatic rings. The Labute approximate surface area is 91.5 Å². The van der Waals surface area contributed by atoms with Gasteiger partial charge in [-0.25, -0.2) is 5.84 Å². The van der Waals surface area contributed by atoms with Gasteiger partial charge in [-0.05, 0) is 23.2 Å². The summed E-state index contributed by atoms with van der Waals surface area (Å²) in [7, 11) is 0. The van der Waals surface area contributed by atoms with E-state index >= 15 is 0 Å². The number of carbonyl (C=O) groups is 1. The SMILES string of the molecule is [N-]=[N+]=NCC(O)c1ccc(C(=O)NN)cc1. The lowest BCUT2D eigenvalue weighted by Crippen LogP contribution is -2.29. The van der Waals surface area contributed by atoms with Crippen LogP contribution in [0.2, 0.25) is 0 Å². The molecule has 0 aliphatic carbocycles. The van der Waals surface area contributed by atoms with Crippen molar-refractivity contribution in [2.75, 3.05) is 6.54 Å². The lowest BCUT2D eigenvalue weighted by atomic mass is 10.1. The molecule has 0 heterocycles. The highest BCUT2D eigenvalue weighted by molar-refractivity contribution is 5.93. The van der Waals surface area contributed by atoms with Crippen LogP contribution in [0.25, 0.3) is 10.4 Å². The first kappa shape index (κ1) is 12.0. The number of rotatable bonds is 4. The van der Waals surface area contributed by atoms with E-state index in [1.807, 2.05) is 5.43 Å². The Morgan fingerprint density at radius 1 is 1.56 bits per heavy atom. The van der Waals surface area contributed by atoms with E-state index in [9.17, 15) is 9.90 Å². The van der Waals surface area contributed by atoms with Gasteiger partial charge < -0.3 is 5.11 Å². The number of carbonyl (C=O) groups excluding carboxylic acids is 1. The summed E-state index contributed by atoms with van der Waals surface area (Å²) in [4.78, 5) is 13.6. The third kappa shape index (κ3) is 2.96. The van der Waals surface area contributed by atoms with E-state index in [0.717, 1.165) is 0 Å². The van der Waals surface area contributed by atoms with Crippen LogP contribution in [0.15, 0.2) is 29.4 Å². The van der Waals surface area contributed by atoms with Gasteiger partial charge in [-0.1, -0.05) is 17.2 Å². The normalized spacial score (nSPS) is 11.4. The number of amides is 1. The van der Waals surface area contributed by atoms with Gasteiger partial charge in [0.25, 0.3) is 5.91 Å². The topological polar surface area (TPSA) is 124 Å². The van der Waals surface area contributed by atoms with Crippen molar-refractivity contribution < 1.29 is 9.90 Å². The second-order valence-electron chi connectivity index (χ2n) is 3.02. The van der Waals surface area contributed by atoms with Crippen molar-refractivity contribution >= 4 is 5.91 Å². The van der Waals surface area contributed by atoms with Gasteiger partial charge in [0.05, 0.1) is 12.6 Å². The standard InChI is InChI=1S/C9H11N5O2/c10-13-9(16)7-3-1-6(2-4-7)8(15)5-12-14-11/h1-4,8,15H,5,10H2,(H,13,16). The number of benzene rings is 1. The summed E-state index contributed by atoms with van der Waals surface area (Å²) in [5.41, 5.74) is 11.0. The largest absolute Gasteiger partial charge is 0.388 e. The molecule has 0 fully saturated rings. The predicted octanol–water partition coefficient (Wildman–Crippen LogP) is 0.634. The maximum atomic E-state index is 11.1. The number of nitrogens with one attached hydrogen (secondary N) is 1. The lowest BCUT2D eigenvalue weighted by molar-refractivity contribution is 0.0953. The zero-order valence-electron chi connectivity index (χ0n) is 8.37. The third-order valence-corrected chi connectivity index (χ3v) is 2.01. The molecule has 7 heteroatoms. The fraction of sp³-hybridized carbons (Fsp3) is 0.222. The van der Waals surface area contributed by atoms with Crippen molar-refractivity contribution in [3.8, 4) is 0 Å². The van der Waals surface area contributed by atoms with E-state index in [-0.39, 0.29) is 6.54 Å². The van der Waals surface area contributed by atoms with Crippen molar-refractivity contribution in [2.24, 2.45) is 11.0 Å². The Morgan fingerprint density at radius 2 is 2.19 bits per heavy atom. The summed E-state index contributed by atoms with van der Waals surface area (Å²) in [6, 6.07) is 6.19. The first-order valence-electron chi connectivity index (χ1n) is 4.49. The van der Waals surface area contributed by atoms with Crippen molar-refractivity contribution in [1.82, 2.24) is 5.43 Å². The molecule has 16 heavy (non-hydrogen) atoms. The molecular formula is C9H11N5O2. The van der Waals surface area contributed by atoms with Crippen molar-refractivity contribution in [2.45, 2.75) is 6.10 Å². The van der Waals surface area contributed by atoms with Crippen LogP contribution in [-0.4, -0.2) is 17.6 Å². The summed E-state index contributed by atoms with van der Waals surface area (Å²) in [6.45, 7) is -0.0427.